The van der Waals surface area contributed by atoms with E-state index in [0.29, 0.717) is 19.1 Å². The highest BCUT2D eigenvalue weighted by Gasteiger charge is 2.21. The van der Waals surface area contributed by atoms with Crippen LogP contribution in [0.3, 0.4) is 0 Å². The zero-order valence-corrected chi connectivity index (χ0v) is 10.7. The Balaban J connectivity index is 2.40. The lowest BCUT2D eigenvalue weighted by Gasteiger charge is -2.29. The highest BCUT2D eigenvalue weighted by atomic mass is 16.5. The Morgan fingerprint density at radius 1 is 1.53 bits per heavy atom. The summed E-state index contributed by atoms with van der Waals surface area (Å²) >= 11 is 0. The molecule has 1 aromatic carbocycles. The second kappa shape index (κ2) is 4.78. The van der Waals surface area contributed by atoms with Crippen molar-refractivity contribution in [2.75, 3.05) is 18.1 Å². The Morgan fingerprint density at radius 2 is 2.29 bits per heavy atom. The van der Waals surface area contributed by atoms with Crippen LogP contribution >= 0.6 is 0 Å². The largest absolute Gasteiger partial charge is 0.490 e. The predicted octanol–water partition coefficient (Wildman–Crippen LogP) is 2.95. The normalized spacial score (nSPS) is 16.1. The standard InChI is InChI=1S/C14H19NO2/c1-4-10(2)12-5-6-14-13(9-12)15(11(3)16)7-8-17-14/h5-6,9-10H,4,7-8H2,1-3H3. The van der Waals surface area contributed by atoms with Gasteiger partial charge in [-0.25, -0.2) is 0 Å². The number of nitrogens with zero attached hydrogens (tertiary/aromatic N) is 1. The summed E-state index contributed by atoms with van der Waals surface area (Å²) in [5.41, 5.74) is 2.18. The van der Waals surface area contributed by atoms with Crippen LogP contribution in [-0.4, -0.2) is 19.1 Å². The Hall–Kier alpha value is -1.51. The van der Waals surface area contributed by atoms with Gasteiger partial charge in [-0.1, -0.05) is 19.9 Å². The van der Waals surface area contributed by atoms with E-state index >= 15 is 0 Å². The van der Waals surface area contributed by atoms with Gasteiger partial charge in [0.05, 0.1) is 12.2 Å². The number of hydrogen-bond acceptors (Lipinski definition) is 2. The molecule has 1 atom stereocenters. The molecule has 0 N–H and O–H groups in total. The third-order valence-corrected chi connectivity index (χ3v) is 3.41. The SMILES string of the molecule is CCC(C)c1ccc2c(c1)N(C(C)=O)CCO2. The summed E-state index contributed by atoms with van der Waals surface area (Å²) < 4.78 is 5.58. The number of rotatable bonds is 2. The average Bonchev–Trinajstić information content (AvgIpc) is 2.36. The van der Waals surface area contributed by atoms with Crippen molar-refractivity contribution in [3.05, 3.63) is 23.8 Å². The second-order valence-electron chi connectivity index (χ2n) is 4.56. The van der Waals surface area contributed by atoms with Crippen LogP contribution in [0.1, 0.15) is 38.7 Å². The molecule has 1 heterocycles. The van der Waals surface area contributed by atoms with Gasteiger partial charge in [0.25, 0.3) is 0 Å². The fourth-order valence-corrected chi connectivity index (χ4v) is 2.10. The molecule has 0 spiro atoms. The summed E-state index contributed by atoms with van der Waals surface area (Å²) in [4.78, 5) is 13.4. The molecule has 17 heavy (non-hydrogen) atoms. The molecule has 0 saturated heterocycles. The molecule has 0 aromatic heterocycles. The predicted molar refractivity (Wildman–Crippen MR) is 68.7 cm³/mol. The molecule has 92 valence electrons. The third-order valence-electron chi connectivity index (χ3n) is 3.41. The lowest BCUT2D eigenvalue weighted by Crippen LogP contribution is -2.36. The Bertz CT molecular complexity index is 428. The fourth-order valence-electron chi connectivity index (χ4n) is 2.10. The maximum absolute atomic E-state index is 11.6. The van der Waals surface area contributed by atoms with E-state index in [9.17, 15) is 4.79 Å². The first-order chi connectivity index (χ1) is 8.13. The molecule has 3 nitrogen and oxygen atoms in total. The highest BCUT2D eigenvalue weighted by molar-refractivity contribution is 5.93. The van der Waals surface area contributed by atoms with Crippen molar-refractivity contribution in [2.45, 2.75) is 33.1 Å². The van der Waals surface area contributed by atoms with E-state index in [1.54, 1.807) is 11.8 Å². The van der Waals surface area contributed by atoms with Gasteiger partial charge < -0.3 is 9.64 Å². The second-order valence-corrected chi connectivity index (χ2v) is 4.56. The van der Waals surface area contributed by atoms with Crippen LogP contribution in [0.25, 0.3) is 0 Å². The van der Waals surface area contributed by atoms with E-state index in [1.165, 1.54) is 5.56 Å². The lowest BCUT2D eigenvalue weighted by atomic mass is 9.97. The van der Waals surface area contributed by atoms with Crippen LogP contribution in [0.5, 0.6) is 5.75 Å². The van der Waals surface area contributed by atoms with E-state index in [2.05, 4.69) is 26.0 Å². The number of ether oxygens (including phenoxy) is 1. The van der Waals surface area contributed by atoms with Crippen LogP contribution in [0.15, 0.2) is 18.2 Å². The number of carbonyl (C=O) groups is 1. The topological polar surface area (TPSA) is 29.5 Å². The molecule has 2 rings (SSSR count). The molecule has 0 fully saturated rings. The van der Waals surface area contributed by atoms with Gasteiger partial charge in [-0.15, -0.1) is 0 Å². The molecule has 1 unspecified atom stereocenters. The first-order valence-electron chi connectivity index (χ1n) is 6.18. The van der Waals surface area contributed by atoms with Crippen molar-refractivity contribution in [2.24, 2.45) is 0 Å². The van der Waals surface area contributed by atoms with Gasteiger partial charge >= 0.3 is 0 Å². The van der Waals surface area contributed by atoms with Crippen molar-refractivity contribution in [1.29, 1.82) is 0 Å². The molecular weight excluding hydrogens is 214 g/mol. The molecule has 1 amide bonds. The molecule has 1 aromatic rings. The molecule has 0 aliphatic carbocycles. The van der Waals surface area contributed by atoms with Gasteiger partial charge in [0.15, 0.2) is 0 Å². The molecule has 0 bridgehead atoms. The number of hydrogen-bond donors (Lipinski definition) is 0. The van der Waals surface area contributed by atoms with Crippen molar-refractivity contribution in [1.82, 2.24) is 0 Å². The van der Waals surface area contributed by atoms with Crippen molar-refractivity contribution in [3.8, 4) is 5.75 Å². The van der Waals surface area contributed by atoms with Crippen LogP contribution in [0.4, 0.5) is 5.69 Å². The Kier molecular flexibility index (Phi) is 3.36. The minimum absolute atomic E-state index is 0.0795. The highest BCUT2D eigenvalue weighted by Crippen LogP contribution is 2.35. The van der Waals surface area contributed by atoms with Crippen LogP contribution in [-0.2, 0) is 4.79 Å². The Morgan fingerprint density at radius 3 is 2.94 bits per heavy atom. The quantitative estimate of drug-likeness (QED) is 0.786. The summed E-state index contributed by atoms with van der Waals surface area (Å²) in [7, 11) is 0. The van der Waals surface area contributed by atoms with E-state index in [1.807, 2.05) is 6.07 Å². The first kappa shape index (κ1) is 12.0. The minimum atomic E-state index is 0.0795. The minimum Gasteiger partial charge on any atom is -0.490 e. The van der Waals surface area contributed by atoms with E-state index in [-0.39, 0.29) is 5.91 Å². The monoisotopic (exact) mass is 233 g/mol. The van der Waals surface area contributed by atoms with E-state index in [4.69, 9.17) is 4.74 Å². The fraction of sp³-hybridized carbons (Fsp3) is 0.500. The van der Waals surface area contributed by atoms with Gasteiger partial charge in [0, 0.05) is 6.92 Å². The lowest BCUT2D eigenvalue weighted by molar-refractivity contribution is -0.116. The van der Waals surface area contributed by atoms with E-state index < -0.39 is 0 Å². The zero-order chi connectivity index (χ0) is 12.4. The summed E-state index contributed by atoms with van der Waals surface area (Å²) in [5.74, 6) is 1.41. The number of amides is 1. The molecule has 3 heteroatoms. The number of fused-ring (bicyclic) bond motifs is 1. The van der Waals surface area contributed by atoms with E-state index in [0.717, 1.165) is 17.9 Å². The third kappa shape index (κ3) is 2.28. The van der Waals surface area contributed by atoms with Crippen molar-refractivity contribution < 1.29 is 9.53 Å². The number of carbonyl (C=O) groups excluding carboxylic acids is 1. The van der Waals surface area contributed by atoms with Crippen molar-refractivity contribution in [3.63, 3.8) is 0 Å². The van der Waals surface area contributed by atoms with Gasteiger partial charge in [0.1, 0.15) is 12.4 Å². The first-order valence-corrected chi connectivity index (χ1v) is 6.18. The van der Waals surface area contributed by atoms with Crippen LogP contribution < -0.4 is 9.64 Å². The zero-order valence-electron chi connectivity index (χ0n) is 10.7. The molecule has 0 radical (unpaired) electrons. The molecular formula is C14H19NO2. The summed E-state index contributed by atoms with van der Waals surface area (Å²) in [6.07, 6.45) is 1.10. The molecule has 1 aliphatic heterocycles. The smallest absolute Gasteiger partial charge is 0.224 e. The number of anilines is 1. The Labute approximate surface area is 102 Å². The van der Waals surface area contributed by atoms with Crippen LogP contribution in [0, 0.1) is 0 Å². The van der Waals surface area contributed by atoms with Gasteiger partial charge in [-0.2, -0.15) is 0 Å². The summed E-state index contributed by atoms with van der Waals surface area (Å²) in [6.45, 7) is 7.19. The van der Waals surface area contributed by atoms with Gasteiger partial charge in [-0.05, 0) is 30.0 Å². The average molecular weight is 233 g/mol. The van der Waals surface area contributed by atoms with Gasteiger partial charge in [0.2, 0.25) is 5.91 Å². The summed E-state index contributed by atoms with van der Waals surface area (Å²) in [5, 5.41) is 0. The van der Waals surface area contributed by atoms with Crippen LogP contribution in [0.2, 0.25) is 0 Å². The molecule has 1 aliphatic rings. The molecule has 0 saturated carbocycles. The maximum Gasteiger partial charge on any atom is 0.224 e. The van der Waals surface area contributed by atoms with Crippen molar-refractivity contribution >= 4 is 11.6 Å². The van der Waals surface area contributed by atoms with Gasteiger partial charge in [-0.3, -0.25) is 4.79 Å². The maximum atomic E-state index is 11.6. The number of benzene rings is 1. The summed E-state index contributed by atoms with van der Waals surface area (Å²) in [6, 6.07) is 6.16.